The number of nitrogens with zero attached hydrogens (tertiary/aromatic N) is 3. The summed E-state index contributed by atoms with van der Waals surface area (Å²) in [4.78, 5) is 17.5. The number of aromatic nitrogens is 3. The van der Waals surface area contributed by atoms with Gasteiger partial charge in [0, 0.05) is 50.0 Å². The third kappa shape index (κ3) is 2.69. The van der Waals surface area contributed by atoms with Crippen LogP contribution in [0.4, 0.5) is 0 Å². The molecule has 0 fully saturated rings. The van der Waals surface area contributed by atoms with E-state index in [0.717, 1.165) is 30.8 Å². The fraction of sp³-hybridized carbons (Fsp3) is 0.333. The fourth-order valence-electron chi connectivity index (χ4n) is 3.58. The molecule has 0 bridgehead atoms. The summed E-state index contributed by atoms with van der Waals surface area (Å²) in [5.41, 5.74) is 3.63. The predicted molar refractivity (Wildman–Crippen MR) is 92.4 cm³/mol. The van der Waals surface area contributed by atoms with Gasteiger partial charge in [0.25, 0.3) is 0 Å². The SMILES string of the molecule is CNC(=O)C[C@@H]1CN(Cc2cccc3[nH]ccc23)Cc2ccnn21. The molecule has 1 aliphatic rings. The molecule has 0 unspecified atom stereocenters. The average molecular weight is 323 g/mol. The third-order valence-electron chi connectivity index (χ3n) is 4.73. The maximum absolute atomic E-state index is 11.8. The fourth-order valence-corrected chi connectivity index (χ4v) is 3.58. The lowest BCUT2D eigenvalue weighted by Crippen LogP contribution is -2.39. The number of aromatic amines is 1. The van der Waals surface area contributed by atoms with Crippen LogP contribution in [0.25, 0.3) is 10.9 Å². The first-order chi connectivity index (χ1) is 11.7. The van der Waals surface area contributed by atoms with Crippen LogP contribution in [0.3, 0.4) is 0 Å². The van der Waals surface area contributed by atoms with Crippen molar-refractivity contribution in [3.8, 4) is 0 Å². The molecule has 0 aliphatic carbocycles. The van der Waals surface area contributed by atoms with Gasteiger partial charge in [-0.05, 0) is 23.8 Å². The molecule has 3 heterocycles. The molecule has 1 amide bonds. The molecule has 2 aromatic heterocycles. The summed E-state index contributed by atoms with van der Waals surface area (Å²) >= 11 is 0. The van der Waals surface area contributed by atoms with Gasteiger partial charge in [-0.3, -0.25) is 14.4 Å². The van der Waals surface area contributed by atoms with Gasteiger partial charge in [-0.2, -0.15) is 5.10 Å². The third-order valence-corrected chi connectivity index (χ3v) is 4.73. The number of benzene rings is 1. The Kier molecular flexibility index (Phi) is 3.82. The molecule has 3 aromatic rings. The Morgan fingerprint density at radius 3 is 3.17 bits per heavy atom. The number of rotatable bonds is 4. The van der Waals surface area contributed by atoms with E-state index in [1.165, 1.54) is 10.9 Å². The number of nitrogens with one attached hydrogen (secondary N) is 2. The molecular formula is C18H21N5O. The van der Waals surface area contributed by atoms with Gasteiger partial charge in [0.1, 0.15) is 0 Å². The van der Waals surface area contributed by atoms with Crippen LogP contribution in [-0.2, 0) is 17.9 Å². The Balaban J connectivity index is 1.58. The lowest BCUT2D eigenvalue weighted by molar-refractivity contribution is -0.121. The summed E-state index contributed by atoms with van der Waals surface area (Å²) in [5, 5.41) is 8.39. The van der Waals surface area contributed by atoms with Gasteiger partial charge in [-0.15, -0.1) is 0 Å². The van der Waals surface area contributed by atoms with Gasteiger partial charge in [-0.1, -0.05) is 12.1 Å². The second-order valence-corrected chi connectivity index (χ2v) is 6.32. The van der Waals surface area contributed by atoms with Gasteiger partial charge in [0.2, 0.25) is 5.91 Å². The van der Waals surface area contributed by atoms with Crippen LogP contribution in [-0.4, -0.2) is 39.2 Å². The van der Waals surface area contributed by atoms with Gasteiger partial charge in [0.15, 0.2) is 0 Å². The highest BCUT2D eigenvalue weighted by Crippen LogP contribution is 2.26. The first kappa shape index (κ1) is 15.0. The van der Waals surface area contributed by atoms with E-state index in [0.29, 0.717) is 6.42 Å². The van der Waals surface area contributed by atoms with Crippen LogP contribution in [0.1, 0.15) is 23.7 Å². The summed E-state index contributed by atoms with van der Waals surface area (Å²) in [5.74, 6) is 0.0519. The van der Waals surface area contributed by atoms with Crippen molar-refractivity contribution in [3.05, 3.63) is 54.0 Å². The second-order valence-electron chi connectivity index (χ2n) is 6.32. The maximum atomic E-state index is 11.8. The highest BCUT2D eigenvalue weighted by molar-refractivity contribution is 5.82. The average Bonchev–Trinajstić information content (AvgIpc) is 3.23. The van der Waals surface area contributed by atoms with Crippen molar-refractivity contribution in [2.75, 3.05) is 13.6 Å². The number of amides is 1. The van der Waals surface area contributed by atoms with Gasteiger partial charge < -0.3 is 10.3 Å². The van der Waals surface area contributed by atoms with Crippen LogP contribution in [0.5, 0.6) is 0 Å². The van der Waals surface area contributed by atoms with E-state index in [2.05, 4.69) is 44.6 Å². The van der Waals surface area contributed by atoms with Gasteiger partial charge in [0.05, 0.1) is 18.2 Å². The monoisotopic (exact) mass is 323 g/mol. The summed E-state index contributed by atoms with van der Waals surface area (Å²) in [6, 6.07) is 10.6. The minimum atomic E-state index is 0.0519. The highest BCUT2D eigenvalue weighted by atomic mass is 16.1. The molecule has 6 heteroatoms. The summed E-state index contributed by atoms with van der Waals surface area (Å²) in [6.07, 6.45) is 4.26. The minimum absolute atomic E-state index is 0.0519. The van der Waals surface area contributed by atoms with Crippen molar-refractivity contribution in [2.45, 2.75) is 25.6 Å². The van der Waals surface area contributed by atoms with Crippen LogP contribution in [0.15, 0.2) is 42.7 Å². The molecule has 1 atom stereocenters. The molecule has 0 radical (unpaired) electrons. The molecule has 0 saturated carbocycles. The molecule has 4 rings (SSSR count). The smallest absolute Gasteiger partial charge is 0.221 e. The van der Waals surface area contributed by atoms with Crippen molar-refractivity contribution in [3.63, 3.8) is 0 Å². The summed E-state index contributed by atoms with van der Waals surface area (Å²) < 4.78 is 2.00. The van der Waals surface area contributed by atoms with Crippen molar-refractivity contribution >= 4 is 16.8 Å². The zero-order chi connectivity index (χ0) is 16.5. The lowest BCUT2D eigenvalue weighted by Gasteiger charge is -2.33. The van der Waals surface area contributed by atoms with Crippen LogP contribution in [0, 0.1) is 0 Å². The Morgan fingerprint density at radius 1 is 1.38 bits per heavy atom. The topological polar surface area (TPSA) is 66.0 Å². The first-order valence-corrected chi connectivity index (χ1v) is 8.25. The second kappa shape index (κ2) is 6.13. The summed E-state index contributed by atoms with van der Waals surface area (Å²) in [7, 11) is 1.68. The zero-order valence-corrected chi connectivity index (χ0v) is 13.7. The van der Waals surface area contributed by atoms with E-state index in [1.54, 1.807) is 7.05 Å². The van der Waals surface area contributed by atoms with E-state index in [4.69, 9.17) is 0 Å². The molecule has 124 valence electrons. The zero-order valence-electron chi connectivity index (χ0n) is 13.7. The minimum Gasteiger partial charge on any atom is -0.361 e. The predicted octanol–water partition coefficient (Wildman–Crippen LogP) is 2.06. The molecule has 2 N–H and O–H groups in total. The Hall–Kier alpha value is -2.60. The van der Waals surface area contributed by atoms with Gasteiger partial charge >= 0.3 is 0 Å². The van der Waals surface area contributed by atoms with Crippen molar-refractivity contribution in [2.24, 2.45) is 0 Å². The van der Waals surface area contributed by atoms with Crippen molar-refractivity contribution < 1.29 is 4.79 Å². The van der Waals surface area contributed by atoms with Crippen LogP contribution >= 0.6 is 0 Å². The number of carbonyl (C=O) groups excluding carboxylic acids is 1. The van der Waals surface area contributed by atoms with E-state index in [1.807, 2.05) is 23.1 Å². The highest BCUT2D eigenvalue weighted by Gasteiger charge is 2.27. The lowest BCUT2D eigenvalue weighted by atomic mass is 10.1. The van der Waals surface area contributed by atoms with Crippen molar-refractivity contribution in [1.82, 2.24) is 25.0 Å². The number of hydrogen-bond acceptors (Lipinski definition) is 3. The molecule has 6 nitrogen and oxygen atoms in total. The molecule has 1 aromatic carbocycles. The number of H-pyrrole nitrogens is 1. The largest absolute Gasteiger partial charge is 0.361 e. The molecule has 1 aliphatic heterocycles. The van der Waals surface area contributed by atoms with E-state index in [-0.39, 0.29) is 11.9 Å². The number of fused-ring (bicyclic) bond motifs is 2. The Morgan fingerprint density at radius 2 is 2.29 bits per heavy atom. The quantitative estimate of drug-likeness (QED) is 0.772. The first-order valence-electron chi connectivity index (χ1n) is 8.25. The number of hydrogen-bond donors (Lipinski definition) is 2. The summed E-state index contributed by atoms with van der Waals surface area (Å²) in [6.45, 7) is 2.54. The number of carbonyl (C=O) groups is 1. The maximum Gasteiger partial charge on any atom is 0.221 e. The standard InChI is InChI=1S/C18H21N5O/c1-19-18(24)9-15-12-22(11-14-5-8-21-23(14)15)10-13-3-2-4-17-16(13)6-7-20-17/h2-8,15,20H,9-12H2,1H3,(H,19,24)/t15-/m1/s1. The van der Waals surface area contributed by atoms with E-state index < -0.39 is 0 Å². The normalized spacial score (nSPS) is 17.8. The molecule has 24 heavy (non-hydrogen) atoms. The van der Waals surface area contributed by atoms with Crippen LogP contribution < -0.4 is 5.32 Å². The van der Waals surface area contributed by atoms with E-state index >= 15 is 0 Å². The van der Waals surface area contributed by atoms with Crippen molar-refractivity contribution in [1.29, 1.82) is 0 Å². The van der Waals surface area contributed by atoms with Gasteiger partial charge in [-0.25, -0.2) is 0 Å². The Bertz CT molecular complexity index is 865. The molecule has 0 saturated heterocycles. The molecular weight excluding hydrogens is 302 g/mol. The van der Waals surface area contributed by atoms with E-state index in [9.17, 15) is 4.79 Å². The molecule has 0 spiro atoms. The van der Waals surface area contributed by atoms with Crippen LogP contribution in [0.2, 0.25) is 0 Å². The Labute approximate surface area is 140 Å².